The lowest BCUT2D eigenvalue weighted by molar-refractivity contribution is 0.414. The Balaban J connectivity index is 1.78. The van der Waals surface area contributed by atoms with Gasteiger partial charge in [-0.2, -0.15) is 5.10 Å². The predicted molar refractivity (Wildman–Crippen MR) is 112 cm³/mol. The summed E-state index contributed by atoms with van der Waals surface area (Å²) in [7, 11) is 1.68. The highest BCUT2D eigenvalue weighted by molar-refractivity contribution is 6.31. The number of ether oxygens (including phenoxy) is 1. The Labute approximate surface area is 164 Å². The number of anilines is 1. The molecule has 3 aromatic carbocycles. The number of halogens is 1. The molecule has 4 heteroatoms. The maximum absolute atomic E-state index is 6.39. The number of benzene rings is 3. The first kappa shape index (κ1) is 17.6. The lowest BCUT2D eigenvalue weighted by Gasteiger charge is -2.26. The summed E-state index contributed by atoms with van der Waals surface area (Å²) in [4.78, 5) is 0. The summed E-state index contributed by atoms with van der Waals surface area (Å²) >= 11 is 6.39. The summed E-state index contributed by atoms with van der Waals surface area (Å²) in [5.41, 5.74) is 5.50. The van der Waals surface area contributed by atoms with Crippen LogP contribution in [0.25, 0.3) is 0 Å². The van der Waals surface area contributed by atoms with Gasteiger partial charge in [0, 0.05) is 11.4 Å². The van der Waals surface area contributed by atoms with Crippen molar-refractivity contribution in [1.82, 2.24) is 0 Å². The van der Waals surface area contributed by atoms with E-state index in [1.165, 1.54) is 5.56 Å². The van der Waals surface area contributed by atoms with E-state index in [4.69, 9.17) is 21.4 Å². The smallest absolute Gasteiger partial charge is 0.118 e. The van der Waals surface area contributed by atoms with E-state index in [1.807, 2.05) is 49.4 Å². The molecule has 4 rings (SSSR count). The van der Waals surface area contributed by atoms with Crippen LogP contribution in [-0.2, 0) is 0 Å². The summed E-state index contributed by atoms with van der Waals surface area (Å²) in [5, 5.41) is 7.85. The molecule has 1 atom stereocenters. The van der Waals surface area contributed by atoms with Crippen LogP contribution in [0.4, 0.5) is 5.69 Å². The van der Waals surface area contributed by atoms with Gasteiger partial charge in [0.25, 0.3) is 0 Å². The lowest BCUT2D eigenvalue weighted by Crippen LogP contribution is -2.19. The summed E-state index contributed by atoms with van der Waals surface area (Å²) in [6.45, 7) is 2.04. The van der Waals surface area contributed by atoms with Crippen LogP contribution in [-0.4, -0.2) is 12.8 Å². The predicted octanol–water partition coefficient (Wildman–Crippen LogP) is 6.01. The largest absolute Gasteiger partial charge is 0.497 e. The average Bonchev–Trinajstić information content (AvgIpc) is 3.16. The number of hydrazone groups is 1. The first-order valence-electron chi connectivity index (χ1n) is 8.98. The molecule has 0 aromatic heterocycles. The minimum absolute atomic E-state index is 0.114. The second kappa shape index (κ2) is 7.45. The molecule has 1 unspecified atom stereocenters. The fourth-order valence-corrected chi connectivity index (χ4v) is 3.64. The van der Waals surface area contributed by atoms with E-state index < -0.39 is 0 Å². The zero-order valence-corrected chi connectivity index (χ0v) is 16.1. The zero-order chi connectivity index (χ0) is 18.8. The topological polar surface area (TPSA) is 24.8 Å². The summed E-state index contributed by atoms with van der Waals surface area (Å²) in [6.07, 6.45) is 0.836. The second-order valence-corrected chi connectivity index (χ2v) is 7.04. The van der Waals surface area contributed by atoms with Crippen molar-refractivity contribution >= 4 is 23.0 Å². The van der Waals surface area contributed by atoms with Gasteiger partial charge in [-0.25, -0.2) is 0 Å². The molecule has 1 heterocycles. The molecule has 3 nitrogen and oxygen atoms in total. The minimum Gasteiger partial charge on any atom is -0.497 e. The van der Waals surface area contributed by atoms with Crippen molar-refractivity contribution in [3.63, 3.8) is 0 Å². The molecule has 136 valence electrons. The van der Waals surface area contributed by atoms with Crippen LogP contribution in [0.3, 0.4) is 0 Å². The van der Waals surface area contributed by atoms with Crippen LogP contribution in [0, 0.1) is 6.92 Å². The van der Waals surface area contributed by atoms with Crippen LogP contribution < -0.4 is 9.75 Å². The van der Waals surface area contributed by atoms with Gasteiger partial charge in [-0.15, -0.1) is 0 Å². The molecule has 0 amide bonds. The summed E-state index contributed by atoms with van der Waals surface area (Å²) in [5.74, 6) is 0.853. The van der Waals surface area contributed by atoms with Crippen molar-refractivity contribution in [2.75, 3.05) is 12.1 Å². The summed E-state index contributed by atoms with van der Waals surface area (Å²) < 4.78 is 5.31. The highest BCUT2D eigenvalue weighted by Crippen LogP contribution is 2.39. The fraction of sp³-hybridized carbons (Fsp3) is 0.174. The Bertz CT molecular complexity index is 967. The van der Waals surface area contributed by atoms with Gasteiger partial charge in [0.2, 0.25) is 0 Å². The molecule has 1 aliphatic heterocycles. The van der Waals surface area contributed by atoms with Crippen LogP contribution in [0.15, 0.2) is 77.9 Å². The summed E-state index contributed by atoms with van der Waals surface area (Å²) in [6, 6.07) is 24.7. The molecule has 27 heavy (non-hydrogen) atoms. The molecule has 0 N–H and O–H groups in total. The second-order valence-electron chi connectivity index (χ2n) is 6.63. The van der Waals surface area contributed by atoms with E-state index in [0.29, 0.717) is 0 Å². The molecule has 0 radical (unpaired) electrons. The number of methoxy groups -OCH3 is 1. The number of nitrogens with zero attached hydrogens (tertiary/aromatic N) is 2. The maximum atomic E-state index is 6.39. The highest BCUT2D eigenvalue weighted by atomic mass is 35.5. The van der Waals surface area contributed by atoms with E-state index in [1.54, 1.807) is 7.11 Å². The molecule has 0 spiro atoms. The van der Waals surface area contributed by atoms with Crippen LogP contribution in [0.1, 0.15) is 29.2 Å². The van der Waals surface area contributed by atoms with Gasteiger partial charge in [0.1, 0.15) is 5.75 Å². The van der Waals surface area contributed by atoms with Crippen molar-refractivity contribution in [2.45, 2.75) is 19.4 Å². The van der Waals surface area contributed by atoms with E-state index in [9.17, 15) is 0 Å². The van der Waals surface area contributed by atoms with Gasteiger partial charge in [-0.3, -0.25) is 5.01 Å². The molecule has 0 bridgehead atoms. The number of hydrogen-bond acceptors (Lipinski definition) is 3. The average molecular weight is 377 g/mol. The van der Waals surface area contributed by atoms with Gasteiger partial charge in [-0.1, -0.05) is 60.1 Å². The Hall–Kier alpha value is -2.78. The molecular formula is C23H21ClN2O. The van der Waals surface area contributed by atoms with E-state index in [-0.39, 0.29) is 6.04 Å². The lowest BCUT2D eigenvalue weighted by atomic mass is 9.98. The first-order valence-corrected chi connectivity index (χ1v) is 9.36. The third kappa shape index (κ3) is 3.43. The first-order chi connectivity index (χ1) is 13.2. The standard InChI is InChI=1S/C23H21ClN2O/c1-16-20(24)9-6-10-22(16)26-23(18-11-13-19(27-2)14-12-18)15-21(25-26)17-7-4-3-5-8-17/h3-14,23H,15H2,1-2H3. The van der Waals surface area contributed by atoms with Crippen molar-refractivity contribution in [3.8, 4) is 5.75 Å². The third-order valence-electron chi connectivity index (χ3n) is 5.00. The van der Waals surface area contributed by atoms with Crippen molar-refractivity contribution in [1.29, 1.82) is 0 Å². The third-order valence-corrected chi connectivity index (χ3v) is 5.41. The molecular weight excluding hydrogens is 356 g/mol. The zero-order valence-electron chi connectivity index (χ0n) is 15.4. The molecule has 0 saturated heterocycles. The normalized spacial score (nSPS) is 16.3. The monoisotopic (exact) mass is 376 g/mol. The number of hydrogen-bond donors (Lipinski definition) is 0. The Kier molecular flexibility index (Phi) is 4.87. The Morgan fingerprint density at radius 1 is 0.963 bits per heavy atom. The molecule has 0 saturated carbocycles. The molecule has 1 aliphatic rings. The molecule has 0 fully saturated rings. The van der Waals surface area contributed by atoms with Crippen LogP contribution in [0.2, 0.25) is 5.02 Å². The minimum atomic E-state index is 0.114. The Morgan fingerprint density at radius 2 is 1.70 bits per heavy atom. The maximum Gasteiger partial charge on any atom is 0.118 e. The van der Waals surface area contributed by atoms with Crippen molar-refractivity contribution in [2.24, 2.45) is 5.10 Å². The molecule has 3 aromatic rings. The molecule has 0 aliphatic carbocycles. The fourth-order valence-electron chi connectivity index (χ4n) is 3.47. The van der Waals surface area contributed by atoms with Gasteiger partial charge in [-0.05, 0) is 47.9 Å². The van der Waals surface area contributed by atoms with Gasteiger partial charge in [0.05, 0.1) is 24.6 Å². The van der Waals surface area contributed by atoms with E-state index in [2.05, 4.69) is 35.3 Å². The Morgan fingerprint density at radius 3 is 2.41 bits per heavy atom. The van der Waals surface area contributed by atoms with E-state index >= 15 is 0 Å². The highest BCUT2D eigenvalue weighted by Gasteiger charge is 2.31. The van der Waals surface area contributed by atoms with Gasteiger partial charge < -0.3 is 4.74 Å². The van der Waals surface area contributed by atoms with Crippen LogP contribution in [0.5, 0.6) is 5.75 Å². The van der Waals surface area contributed by atoms with Crippen LogP contribution >= 0.6 is 11.6 Å². The van der Waals surface area contributed by atoms with E-state index in [0.717, 1.165) is 39.7 Å². The number of rotatable bonds is 4. The van der Waals surface area contributed by atoms with Gasteiger partial charge >= 0.3 is 0 Å². The SMILES string of the molecule is COc1ccc(C2CC(c3ccccc3)=NN2c2cccc(Cl)c2C)cc1. The van der Waals surface area contributed by atoms with Crippen molar-refractivity contribution < 1.29 is 4.74 Å². The van der Waals surface area contributed by atoms with Gasteiger partial charge in [0.15, 0.2) is 0 Å². The van der Waals surface area contributed by atoms with Crippen molar-refractivity contribution in [3.05, 3.63) is 94.5 Å². The quantitative estimate of drug-likeness (QED) is 0.556.